The van der Waals surface area contributed by atoms with Crippen molar-refractivity contribution in [2.75, 3.05) is 25.5 Å². The molecule has 0 aliphatic carbocycles. The summed E-state index contributed by atoms with van der Waals surface area (Å²) in [5.41, 5.74) is 6.25. The van der Waals surface area contributed by atoms with Gasteiger partial charge in [0.05, 0.1) is 18.9 Å². The highest BCUT2D eigenvalue weighted by Crippen LogP contribution is 2.06. The Morgan fingerprint density at radius 3 is 3.06 bits per heavy atom. The van der Waals surface area contributed by atoms with Gasteiger partial charge < -0.3 is 15.8 Å². The maximum Gasteiger partial charge on any atom is 0.274 e. The molecular weight excluding hydrogens is 220 g/mol. The molecule has 94 valence electrons. The number of rotatable bonds is 7. The minimum atomic E-state index is -0.282. The predicted octanol–water partition coefficient (Wildman–Crippen LogP) is 0.325. The normalized spacial score (nSPS) is 10.2. The number of aryl methyl sites for hydroxylation is 1. The molecule has 6 heteroatoms. The van der Waals surface area contributed by atoms with Crippen LogP contribution in [0.1, 0.15) is 16.9 Å². The van der Waals surface area contributed by atoms with E-state index in [1.54, 1.807) is 19.3 Å². The zero-order valence-corrected chi connectivity index (χ0v) is 9.98. The highest BCUT2D eigenvalue weighted by atomic mass is 16.5. The average Bonchev–Trinajstić information content (AvgIpc) is 2.62. The Balaban J connectivity index is 2.26. The summed E-state index contributed by atoms with van der Waals surface area (Å²) in [4.78, 5) is 11.6. The van der Waals surface area contributed by atoms with Crippen molar-refractivity contribution in [1.82, 2.24) is 15.1 Å². The molecule has 1 aromatic rings. The van der Waals surface area contributed by atoms with Crippen LogP contribution in [-0.4, -0.2) is 35.4 Å². The van der Waals surface area contributed by atoms with E-state index in [-0.39, 0.29) is 11.6 Å². The van der Waals surface area contributed by atoms with Crippen LogP contribution in [-0.2, 0) is 11.8 Å². The Labute approximate surface area is 100 Å². The van der Waals surface area contributed by atoms with Gasteiger partial charge >= 0.3 is 0 Å². The monoisotopic (exact) mass is 238 g/mol. The maximum atomic E-state index is 11.6. The van der Waals surface area contributed by atoms with Crippen LogP contribution in [0.25, 0.3) is 0 Å². The van der Waals surface area contributed by atoms with E-state index in [4.69, 9.17) is 10.5 Å². The number of nitrogen functional groups attached to an aromatic ring is 1. The van der Waals surface area contributed by atoms with Gasteiger partial charge in [-0.3, -0.25) is 9.48 Å². The van der Waals surface area contributed by atoms with Crippen LogP contribution in [0.4, 0.5) is 5.69 Å². The maximum absolute atomic E-state index is 11.6. The summed E-state index contributed by atoms with van der Waals surface area (Å²) in [7, 11) is 1.71. The Bertz CT molecular complexity index is 387. The van der Waals surface area contributed by atoms with E-state index in [1.165, 1.54) is 4.68 Å². The van der Waals surface area contributed by atoms with Crippen LogP contribution in [0.2, 0.25) is 0 Å². The predicted molar refractivity (Wildman–Crippen MR) is 65.6 cm³/mol. The average molecular weight is 238 g/mol. The number of carbonyl (C=O) groups excluding carboxylic acids is 1. The van der Waals surface area contributed by atoms with Crippen LogP contribution in [0.3, 0.4) is 0 Å². The summed E-state index contributed by atoms with van der Waals surface area (Å²) < 4.78 is 6.76. The van der Waals surface area contributed by atoms with Crippen molar-refractivity contribution >= 4 is 11.6 Å². The van der Waals surface area contributed by atoms with Gasteiger partial charge in [-0.1, -0.05) is 6.08 Å². The molecular formula is C11H18N4O2. The van der Waals surface area contributed by atoms with Gasteiger partial charge in [-0.15, -0.1) is 6.58 Å². The SMILES string of the molecule is C=CCCOCCNC(=O)c1nn(C)cc1N. The van der Waals surface area contributed by atoms with E-state index in [9.17, 15) is 4.79 Å². The van der Waals surface area contributed by atoms with Crippen LogP contribution >= 0.6 is 0 Å². The van der Waals surface area contributed by atoms with Crippen molar-refractivity contribution < 1.29 is 9.53 Å². The van der Waals surface area contributed by atoms with Crippen molar-refractivity contribution in [3.8, 4) is 0 Å². The van der Waals surface area contributed by atoms with E-state index in [0.29, 0.717) is 25.4 Å². The molecule has 0 aromatic carbocycles. The summed E-state index contributed by atoms with van der Waals surface area (Å²) in [5.74, 6) is -0.282. The fourth-order valence-electron chi connectivity index (χ4n) is 1.27. The summed E-state index contributed by atoms with van der Waals surface area (Å²) in [5, 5.41) is 6.65. The summed E-state index contributed by atoms with van der Waals surface area (Å²) in [6, 6.07) is 0. The molecule has 1 rings (SSSR count). The molecule has 0 saturated heterocycles. The molecule has 1 heterocycles. The number of ether oxygens (including phenoxy) is 1. The largest absolute Gasteiger partial charge is 0.396 e. The van der Waals surface area contributed by atoms with E-state index in [2.05, 4.69) is 17.0 Å². The van der Waals surface area contributed by atoms with Gasteiger partial charge in [0.2, 0.25) is 0 Å². The first-order valence-electron chi connectivity index (χ1n) is 5.41. The highest BCUT2D eigenvalue weighted by Gasteiger charge is 2.12. The number of anilines is 1. The second-order valence-electron chi connectivity index (χ2n) is 3.55. The summed E-state index contributed by atoms with van der Waals surface area (Å²) in [6.07, 6.45) is 4.18. The van der Waals surface area contributed by atoms with Crippen molar-refractivity contribution in [1.29, 1.82) is 0 Å². The molecule has 6 nitrogen and oxygen atoms in total. The van der Waals surface area contributed by atoms with Crippen LogP contribution in [0.5, 0.6) is 0 Å². The molecule has 0 bridgehead atoms. The third kappa shape index (κ3) is 4.28. The first-order chi connectivity index (χ1) is 8.15. The van der Waals surface area contributed by atoms with Gasteiger partial charge in [-0.05, 0) is 6.42 Å². The molecule has 0 unspecified atom stereocenters. The van der Waals surface area contributed by atoms with Gasteiger partial charge in [0.1, 0.15) is 0 Å². The standard InChI is InChI=1S/C11H18N4O2/c1-3-4-6-17-7-5-13-11(16)10-9(12)8-15(2)14-10/h3,8H,1,4-7,12H2,2H3,(H,13,16). The summed E-state index contributed by atoms with van der Waals surface area (Å²) in [6.45, 7) is 5.10. The number of nitrogens with two attached hydrogens (primary N) is 1. The lowest BCUT2D eigenvalue weighted by Gasteiger charge is -2.04. The fourth-order valence-corrected chi connectivity index (χ4v) is 1.27. The molecule has 0 spiro atoms. The van der Waals surface area contributed by atoms with E-state index >= 15 is 0 Å². The molecule has 0 saturated carbocycles. The van der Waals surface area contributed by atoms with Gasteiger partial charge in [0.15, 0.2) is 5.69 Å². The molecule has 1 amide bonds. The molecule has 0 atom stereocenters. The number of nitrogens with zero attached hydrogens (tertiary/aromatic N) is 2. The number of amides is 1. The third-order valence-corrected chi connectivity index (χ3v) is 2.07. The molecule has 0 aliphatic rings. The van der Waals surface area contributed by atoms with E-state index in [1.807, 2.05) is 0 Å². The topological polar surface area (TPSA) is 82.2 Å². The minimum Gasteiger partial charge on any atom is -0.396 e. The minimum absolute atomic E-state index is 0.249. The smallest absolute Gasteiger partial charge is 0.274 e. The molecule has 0 radical (unpaired) electrons. The van der Waals surface area contributed by atoms with Crippen molar-refractivity contribution in [3.63, 3.8) is 0 Å². The zero-order chi connectivity index (χ0) is 12.7. The molecule has 0 fully saturated rings. The van der Waals surface area contributed by atoms with Crippen LogP contribution in [0.15, 0.2) is 18.9 Å². The Morgan fingerprint density at radius 1 is 1.71 bits per heavy atom. The Morgan fingerprint density at radius 2 is 2.47 bits per heavy atom. The quantitative estimate of drug-likeness (QED) is 0.529. The lowest BCUT2D eigenvalue weighted by Crippen LogP contribution is -2.28. The first-order valence-corrected chi connectivity index (χ1v) is 5.41. The van der Waals surface area contributed by atoms with Crippen molar-refractivity contribution in [2.45, 2.75) is 6.42 Å². The van der Waals surface area contributed by atoms with Crippen molar-refractivity contribution in [3.05, 3.63) is 24.5 Å². The van der Waals surface area contributed by atoms with Gasteiger partial charge in [0.25, 0.3) is 5.91 Å². The first kappa shape index (κ1) is 13.2. The number of hydrogen-bond donors (Lipinski definition) is 2. The number of carbonyl (C=O) groups is 1. The number of nitrogens with one attached hydrogen (secondary N) is 1. The zero-order valence-electron chi connectivity index (χ0n) is 9.98. The molecule has 1 aromatic heterocycles. The lowest BCUT2D eigenvalue weighted by molar-refractivity contribution is 0.0913. The third-order valence-electron chi connectivity index (χ3n) is 2.07. The van der Waals surface area contributed by atoms with Gasteiger partial charge in [-0.2, -0.15) is 5.10 Å². The number of hydrogen-bond acceptors (Lipinski definition) is 4. The lowest BCUT2D eigenvalue weighted by atomic mass is 10.3. The van der Waals surface area contributed by atoms with E-state index < -0.39 is 0 Å². The van der Waals surface area contributed by atoms with Gasteiger partial charge in [-0.25, -0.2) is 0 Å². The number of aromatic nitrogens is 2. The van der Waals surface area contributed by atoms with Crippen molar-refractivity contribution in [2.24, 2.45) is 7.05 Å². The van der Waals surface area contributed by atoms with E-state index in [0.717, 1.165) is 6.42 Å². The Hall–Kier alpha value is -1.82. The van der Waals surface area contributed by atoms with Crippen LogP contribution in [0, 0.1) is 0 Å². The summed E-state index contributed by atoms with van der Waals surface area (Å²) >= 11 is 0. The Kier molecular flexibility index (Phi) is 5.22. The molecule has 17 heavy (non-hydrogen) atoms. The van der Waals surface area contributed by atoms with Crippen LogP contribution < -0.4 is 11.1 Å². The molecule has 3 N–H and O–H groups in total. The fraction of sp³-hybridized carbons (Fsp3) is 0.455. The second-order valence-corrected chi connectivity index (χ2v) is 3.55. The molecule has 0 aliphatic heterocycles. The second kappa shape index (κ2) is 6.70. The van der Waals surface area contributed by atoms with Gasteiger partial charge in [0, 0.05) is 19.8 Å². The highest BCUT2D eigenvalue weighted by molar-refractivity contribution is 5.96.